The number of amides is 2. The van der Waals surface area contributed by atoms with Gasteiger partial charge in [-0.1, -0.05) is 18.6 Å². The molecule has 54 heavy (non-hydrogen) atoms. The molecular formula is C41H58FN5O6S. The summed E-state index contributed by atoms with van der Waals surface area (Å²) in [5.74, 6) is 0.259. The van der Waals surface area contributed by atoms with E-state index in [4.69, 9.17) is 9.47 Å². The fourth-order valence-electron chi connectivity index (χ4n) is 10.4. The summed E-state index contributed by atoms with van der Waals surface area (Å²) in [6.45, 7) is 9.48. The molecule has 0 bridgehead atoms. The number of likely N-dealkylation sites (tertiary alicyclic amines) is 3. The van der Waals surface area contributed by atoms with Crippen LogP contribution in [0.25, 0.3) is 0 Å². The third-order valence-corrected chi connectivity index (χ3v) is 15.8. The summed E-state index contributed by atoms with van der Waals surface area (Å²) >= 11 is 0. The Hall–Kier alpha value is -3.26. The number of carbonyl (C=O) groups excluding carboxylic acids is 2. The molecule has 4 saturated heterocycles. The van der Waals surface area contributed by atoms with Crippen molar-refractivity contribution in [2.45, 2.75) is 85.5 Å². The molecule has 7 rings (SSSR count). The molecule has 2 amide bonds. The number of benzene rings is 2. The van der Waals surface area contributed by atoms with Crippen molar-refractivity contribution in [3.05, 3.63) is 59.9 Å². The van der Waals surface area contributed by atoms with Gasteiger partial charge in [-0.25, -0.2) is 17.6 Å². The summed E-state index contributed by atoms with van der Waals surface area (Å²) in [4.78, 5) is 33.6. The van der Waals surface area contributed by atoms with Gasteiger partial charge in [0.05, 0.1) is 30.3 Å². The summed E-state index contributed by atoms with van der Waals surface area (Å²) in [7, 11) is -0.279. The normalized spacial score (nSPS) is 25.4. The second-order valence-electron chi connectivity index (χ2n) is 16.5. The lowest BCUT2D eigenvalue weighted by Gasteiger charge is -2.55. The predicted molar refractivity (Wildman–Crippen MR) is 206 cm³/mol. The van der Waals surface area contributed by atoms with E-state index in [1.807, 2.05) is 18.2 Å². The molecule has 1 N–H and O–H groups in total. The smallest absolute Gasteiger partial charge is 0.407 e. The molecule has 1 aliphatic carbocycles. The Labute approximate surface area is 320 Å². The maximum atomic E-state index is 15.0. The first-order chi connectivity index (χ1) is 26.0. The molecule has 5 fully saturated rings. The van der Waals surface area contributed by atoms with Gasteiger partial charge in [0.2, 0.25) is 5.91 Å². The van der Waals surface area contributed by atoms with Crippen LogP contribution in [0.5, 0.6) is 0 Å². The summed E-state index contributed by atoms with van der Waals surface area (Å²) in [6, 6.07) is 14.5. The quantitative estimate of drug-likeness (QED) is 0.329. The van der Waals surface area contributed by atoms with Gasteiger partial charge in [0.25, 0.3) is 0 Å². The van der Waals surface area contributed by atoms with Crippen LogP contribution in [0.4, 0.5) is 14.9 Å². The van der Waals surface area contributed by atoms with E-state index in [0.29, 0.717) is 49.8 Å². The molecule has 4 aliphatic heterocycles. The number of methoxy groups -OCH3 is 2. The van der Waals surface area contributed by atoms with Gasteiger partial charge in [-0.2, -0.15) is 0 Å². The predicted octanol–water partition coefficient (Wildman–Crippen LogP) is 4.70. The van der Waals surface area contributed by atoms with Gasteiger partial charge in [-0.3, -0.25) is 4.79 Å². The molecule has 1 saturated carbocycles. The minimum absolute atomic E-state index is 0.00861. The minimum atomic E-state index is -3.48. The van der Waals surface area contributed by atoms with Gasteiger partial charge in [-0.15, -0.1) is 0 Å². The van der Waals surface area contributed by atoms with Gasteiger partial charge < -0.3 is 34.4 Å². The van der Waals surface area contributed by atoms with Crippen molar-refractivity contribution in [2.24, 2.45) is 11.8 Å². The van der Waals surface area contributed by atoms with E-state index in [2.05, 4.69) is 26.1 Å². The van der Waals surface area contributed by atoms with Crippen molar-refractivity contribution in [2.75, 3.05) is 84.6 Å². The summed E-state index contributed by atoms with van der Waals surface area (Å²) in [5.41, 5.74) is 1.38. The highest BCUT2D eigenvalue weighted by molar-refractivity contribution is 7.92. The molecule has 2 aromatic rings. The second kappa shape index (κ2) is 16.1. The van der Waals surface area contributed by atoms with Crippen LogP contribution in [-0.2, 0) is 29.5 Å². The average molecular weight is 768 g/mol. The fourth-order valence-corrected chi connectivity index (χ4v) is 12.1. The number of halogens is 1. The number of hydrogen-bond acceptors (Lipinski definition) is 9. The molecule has 0 radical (unpaired) electrons. The van der Waals surface area contributed by atoms with Crippen LogP contribution in [0.2, 0.25) is 0 Å². The van der Waals surface area contributed by atoms with Crippen LogP contribution >= 0.6 is 0 Å². The molecule has 0 spiro atoms. The number of nitrogens with one attached hydrogen (secondary N) is 1. The van der Waals surface area contributed by atoms with Crippen molar-refractivity contribution < 1.29 is 31.9 Å². The number of carbonyl (C=O) groups is 2. The number of anilines is 1. The molecule has 4 heterocycles. The Bertz CT molecular complexity index is 1740. The van der Waals surface area contributed by atoms with E-state index in [9.17, 15) is 18.0 Å². The summed E-state index contributed by atoms with van der Waals surface area (Å²) < 4.78 is 53.1. The topological polar surface area (TPSA) is 112 Å². The maximum absolute atomic E-state index is 15.0. The first-order valence-electron chi connectivity index (χ1n) is 19.9. The fraction of sp³-hybridized carbons (Fsp3) is 0.659. The van der Waals surface area contributed by atoms with E-state index in [1.54, 1.807) is 30.2 Å². The zero-order valence-corrected chi connectivity index (χ0v) is 33.0. The lowest BCUT2D eigenvalue weighted by Crippen LogP contribution is -2.68. The van der Waals surface area contributed by atoms with Crippen LogP contribution in [0.3, 0.4) is 0 Å². The van der Waals surface area contributed by atoms with E-state index in [0.717, 1.165) is 82.6 Å². The number of sulfone groups is 1. The Morgan fingerprint density at radius 2 is 1.59 bits per heavy atom. The molecule has 2 aromatic carbocycles. The van der Waals surface area contributed by atoms with Gasteiger partial charge in [0, 0.05) is 57.4 Å². The molecule has 13 heteroatoms. The first kappa shape index (κ1) is 39.0. The van der Waals surface area contributed by atoms with Gasteiger partial charge >= 0.3 is 6.09 Å². The molecule has 0 aromatic heterocycles. The number of piperidine rings is 2. The third kappa shape index (κ3) is 7.75. The van der Waals surface area contributed by atoms with E-state index in [1.165, 1.54) is 26.5 Å². The highest BCUT2D eigenvalue weighted by Gasteiger charge is 2.54. The Morgan fingerprint density at radius 3 is 2.19 bits per heavy atom. The maximum Gasteiger partial charge on any atom is 0.407 e. The average Bonchev–Trinajstić information content (AvgIpc) is 3.61. The molecule has 11 nitrogen and oxygen atoms in total. The van der Waals surface area contributed by atoms with E-state index < -0.39 is 21.2 Å². The zero-order valence-electron chi connectivity index (χ0n) is 32.2. The lowest BCUT2D eigenvalue weighted by molar-refractivity contribution is -0.129. The highest BCUT2D eigenvalue weighted by atomic mass is 32.2. The highest BCUT2D eigenvalue weighted by Crippen LogP contribution is 2.51. The number of rotatable bonds is 12. The summed E-state index contributed by atoms with van der Waals surface area (Å²) in [6.07, 6.45) is 6.52. The van der Waals surface area contributed by atoms with Crippen LogP contribution in [0.15, 0.2) is 53.4 Å². The van der Waals surface area contributed by atoms with Gasteiger partial charge in [-0.05, 0) is 125 Å². The minimum Gasteiger partial charge on any atom is -0.453 e. The second-order valence-corrected chi connectivity index (χ2v) is 18.7. The van der Waals surface area contributed by atoms with Crippen LogP contribution in [0, 0.1) is 17.7 Å². The molecular weight excluding hydrogens is 710 g/mol. The molecule has 3 atom stereocenters. The van der Waals surface area contributed by atoms with Gasteiger partial charge in [0.1, 0.15) is 11.4 Å². The Balaban J connectivity index is 1.01. The third-order valence-electron chi connectivity index (χ3n) is 13.5. The van der Waals surface area contributed by atoms with Crippen molar-refractivity contribution in [1.82, 2.24) is 20.0 Å². The van der Waals surface area contributed by atoms with Crippen LogP contribution in [0.1, 0.15) is 63.9 Å². The first-order valence-corrected chi connectivity index (χ1v) is 21.5. The lowest BCUT2D eigenvalue weighted by atomic mass is 9.57. The summed E-state index contributed by atoms with van der Waals surface area (Å²) in [5, 5.41) is 2.71. The van der Waals surface area contributed by atoms with Crippen molar-refractivity contribution in [3.8, 4) is 0 Å². The molecule has 0 unspecified atom stereocenters. The van der Waals surface area contributed by atoms with Crippen molar-refractivity contribution in [3.63, 3.8) is 0 Å². The van der Waals surface area contributed by atoms with E-state index in [-0.39, 0.29) is 34.7 Å². The molecule has 5 aliphatic rings. The number of nitrogens with zero attached hydrogens (tertiary/aromatic N) is 4. The largest absolute Gasteiger partial charge is 0.453 e. The van der Waals surface area contributed by atoms with E-state index >= 15 is 4.39 Å². The number of alkyl carbamates (subject to hydrolysis) is 1. The monoisotopic (exact) mass is 767 g/mol. The van der Waals surface area contributed by atoms with Gasteiger partial charge in [0.15, 0.2) is 9.84 Å². The Morgan fingerprint density at radius 1 is 0.889 bits per heavy atom. The van der Waals surface area contributed by atoms with Crippen molar-refractivity contribution >= 4 is 27.5 Å². The zero-order chi connectivity index (χ0) is 38.1. The molecule has 296 valence electrons. The van der Waals surface area contributed by atoms with Crippen molar-refractivity contribution in [1.29, 1.82) is 0 Å². The number of hydrogen-bond donors (Lipinski definition) is 1. The van der Waals surface area contributed by atoms with Crippen LogP contribution in [-0.4, -0.2) is 132 Å². The number of ether oxygens (including phenoxy) is 2. The standard InChI is InChI=1S/C41H58FN5O6S/c1-30(48)46-23-17-36(18-24-46)54(50,51)35-13-11-34(12-14-35)47-27-40(28-47,53-3)26-45-21-15-31(16-22-45)41(29-44-19-6-20-44,32-7-4-8-33(42)25-32)37-9-5-10-38(37)43-39(49)52-2/h4,7-8,11-14,25,31,36-38H,5-6,9-10,15-24,26-29H2,1-3H3,(H,43,49)/t37-,38-,41-/m0/s1. The Kier molecular flexibility index (Phi) is 11.6. The SMILES string of the molecule is COC(=O)N[C@H]1CCC[C@@H]1[C@](CN1CCC1)(c1cccc(F)c1)C1CCN(CC2(OC)CN(c3ccc(S(=O)(=O)C4CCN(C(C)=O)CC4)cc3)C2)CC1. The van der Waals surface area contributed by atoms with Crippen LogP contribution < -0.4 is 10.2 Å².